The van der Waals surface area contributed by atoms with E-state index < -0.39 is 0 Å². The predicted octanol–water partition coefficient (Wildman–Crippen LogP) is 3.00. The molecule has 0 saturated carbocycles. The van der Waals surface area contributed by atoms with Crippen LogP contribution >= 0.6 is 0 Å². The van der Waals surface area contributed by atoms with Gasteiger partial charge >= 0.3 is 0 Å². The Morgan fingerprint density at radius 3 is 2.60 bits per heavy atom. The first-order valence-electron chi connectivity index (χ1n) is 6.27. The summed E-state index contributed by atoms with van der Waals surface area (Å²) in [6.07, 6.45) is 1.78. The lowest BCUT2D eigenvalue weighted by atomic mass is 10.0. The van der Waals surface area contributed by atoms with E-state index in [0.717, 1.165) is 22.3 Å². The summed E-state index contributed by atoms with van der Waals surface area (Å²) in [5, 5.41) is 3.94. The fourth-order valence-corrected chi connectivity index (χ4v) is 2.12. The largest absolute Gasteiger partial charge is 0.384 e. The molecule has 20 heavy (non-hydrogen) atoms. The Morgan fingerprint density at radius 1 is 1.10 bits per heavy atom. The summed E-state index contributed by atoms with van der Waals surface area (Å²) in [7, 11) is 0. The molecule has 100 valence electrons. The Labute approximate surface area is 116 Å². The summed E-state index contributed by atoms with van der Waals surface area (Å²) in [6, 6.07) is 9.82. The number of hydrogen-bond donors (Lipinski definition) is 1. The van der Waals surface area contributed by atoms with Crippen molar-refractivity contribution in [1.82, 2.24) is 15.1 Å². The lowest BCUT2D eigenvalue weighted by Crippen LogP contribution is -1.93. The van der Waals surface area contributed by atoms with Gasteiger partial charge in [-0.15, -0.1) is 0 Å². The van der Waals surface area contributed by atoms with Gasteiger partial charge in [-0.05, 0) is 30.2 Å². The molecule has 0 aliphatic heterocycles. The number of hydrogen-bond acceptors (Lipinski definition) is 5. The third-order valence-corrected chi connectivity index (χ3v) is 3.09. The lowest BCUT2D eigenvalue weighted by molar-refractivity contribution is 0.394. The zero-order valence-electron chi connectivity index (χ0n) is 11.3. The van der Waals surface area contributed by atoms with E-state index in [2.05, 4.69) is 15.1 Å². The van der Waals surface area contributed by atoms with E-state index in [1.165, 1.54) is 0 Å². The van der Waals surface area contributed by atoms with Crippen LogP contribution in [0.4, 0.5) is 5.82 Å². The summed E-state index contributed by atoms with van der Waals surface area (Å²) in [5.41, 5.74) is 9.77. The molecule has 0 aliphatic carbocycles. The van der Waals surface area contributed by atoms with Crippen LogP contribution in [-0.4, -0.2) is 15.1 Å². The molecular weight excluding hydrogens is 252 g/mol. The second kappa shape index (κ2) is 4.77. The van der Waals surface area contributed by atoms with Crippen molar-refractivity contribution in [3.05, 3.63) is 48.0 Å². The predicted molar refractivity (Wildman–Crippen MR) is 76.9 cm³/mol. The van der Waals surface area contributed by atoms with Gasteiger partial charge in [-0.1, -0.05) is 23.4 Å². The van der Waals surface area contributed by atoms with Gasteiger partial charge in [0.15, 0.2) is 0 Å². The first-order chi connectivity index (χ1) is 9.63. The van der Waals surface area contributed by atoms with Crippen LogP contribution in [0.15, 0.2) is 41.1 Å². The number of nitrogen functional groups attached to an aromatic ring is 1. The van der Waals surface area contributed by atoms with Gasteiger partial charge in [0.1, 0.15) is 5.82 Å². The normalized spacial score (nSPS) is 10.7. The SMILES string of the molecule is Cc1nc(-c2cccc(-c3cnc(N)cc3C)c2)no1. The van der Waals surface area contributed by atoms with Crippen molar-refractivity contribution in [2.75, 3.05) is 5.73 Å². The zero-order valence-corrected chi connectivity index (χ0v) is 11.3. The molecule has 2 N–H and O–H groups in total. The molecule has 0 aliphatic rings. The summed E-state index contributed by atoms with van der Waals surface area (Å²) in [5.74, 6) is 1.66. The van der Waals surface area contributed by atoms with Gasteiger partial charge in [0.25, 0.3) is 0 Å². The standard InChI is InChI=1S/C15H14N4O/c1-9-6-14(16)17-8-13(9)11-4-3-5-12(7-11)15-18-10(2)20-19-15/h3-8H,1-2H3,(H2,16,17). The summed E-state index contributed by atoms with van der Waals surface area (Å²) < 4.78 is 5.01. The highest BCUT2D eigenvalue weighted by Gasteiger charge is 2.08. The van der Waals surface area contributed by atoms with Crippen LogP contribution in [0.5, 0.6) is 0 Å². The molecule has 2 aromatic heterocycles. The molecule has 5 nitrogen and oxygen atoms in total. The maximum absolute atomic E-state index is 5.69. The Balaban J connectivity index is 2.07. The van der Waals surface area contributed by atoms with Crippen LogP contribution in [0.25, 0.3) is 22.5 Å². The van der Waals surface area contributed by atoms with Crippen LogP contribution in [0.3, 0.4) is 0 Å². The number of nitrogens with two attached hydrogens (primary N) is 1. The minimum absolute atomic E-state index is 0.524. The van der Waals surface area contributed by atoms with Gasteiger partial charge in [-0.25, -0.2) is 4.98 Å². The van der Waals surface area contributed by atoms with Gasteiger partial charge in [0, 0.05) is 24.2 Å². The number of nitrogens with zero attached hydrogens (tertiary/aromatic N) is 3. The first kappa shape index (κ1) is 12.3. The minimum Gasteiger partial charge on any atom is -0.384 e. The minimum atomic E-state index is 0.524. The van der Waals surface area contributed by atoms with Crippen LogP contribution in [0, 0.1) is 13.8 Å². The van der Waals surface area contributed by atoms with E-state index in [4.69, 9.17) is 10.3 Å². The molecule has 3 rings (SSSR count). The number of aryl methyl sites for hydroxylation is 2. The van der Waals surface area contributed by atoms with E-state index in [-0.39, 0.29) is 0 Å². The Hall–Kier alpha value is -2.69. The van der Waals surface area contributed by atoms with Gasteiger partial charge in [0.05, 0.1) is 0 Å². The van der Waals surface area contributed by atoms with Crippen molar-refractivity contribution in [3.8, 4) is 22.5 Å². The Kier molecular flexibility index (Phi) is 2.95. The van der Waals surface area contributed by atoms with Crippen molar-refractivity contribution in [1.29, 1.82) is 0 Å². The molecule has 0 amide bonds. The maximum Gasteiger partial charge on any atom is 0.223 e. The van der Waals surface area contributed by atoms with E-state index in [9.17, 15) is 0 Å². The molecule has 0 fully saturated rings. The van der Waals surface area contributed by atoms with Crippen LogP contribution in [-0.2, 0) is 0 Å². The van der Waals surface area contributed by atoms with Crippen LogP contribution in [0.1, 0.15) is 11.5 Å². The smallest absolute Gasteiger partial charge is 0.223 e. The van der Waals surface area contributed by atoms with E-state index in [0.29, 0.717) is 17.5 Å². The second-order valence-corrected chi connectivity index (χ2v) is 4.64. The molecule has 0 atom stereocenters. The molecule has 2 heterocycles. The fourth-order valence-electron chi connectivity index (χ4n) is 2.12. The number of aromatic nitrogens is 3. The summed E-state index contributed by atoms with van der Waals surface area (Å²) >= 11 is 0. The average Bonchev–Trinajstić information content (AvgIpc) is 2.86. The summed E-state index contributed by atoms with van der Waals surface area (Å²) in [4.78, 5) is 8.39. The number of rotatable bonds is 2. The van der Waals surface area contributed by atoms with E-state index in [1.807, 2.05) is 37.3 Å². The van der Waals surface area contributed by atoms with Crippen molar-refractivity contribution in [2.45, 2.75) is 13.8 Å². The van der Waals surface area contributed by atoms with Crippen molar-refractivity contribution in [3.63, 3.8) is 0 Å². The average molecular weight is 266 g/mol. The van der Waals surface area contributed by atoms with Crippen LogP contribution in [0.2, 0.25) is 0 Å². The van der Waals surface area contributed by atoms with E-state index >= 15 is 0 Å². The highest BCUT2D eigenvalue weighted by Crippen LogP contribution is 2.27. The topological polar surface area (TPSA) is 77.8 Å². The number of anilines is 1. The Bertz CT molecular complexity index is 764. The van der Waals surface area contributed by atoms with E-state index in [1.54, 1.807) is 13.1 Å². The monoisotopic (exact) mass is 266 g/mol. The highest BCUT2D eigenvalue weighted by molar-refractivity contribution is 5.72. The van der Waals surface area contributed by atoms with Gasteiger partial charge in [-0.3, -0.25) is 0 Å². The molecule has 0 spiro atoms. The Morgan fingerprint density at radius 2 is 1.90 bits per heavy atom. The van der Waals surface area contributed by atoms with Crippen molar-refractivity contribution < 1.29 is 4.52 Å². The third kappa shape index (κ3) is 2.25. The van der Waals surface area contributed by atoms with Gasteiger partial charge in [-0.2, -0.15) is 4.98 Å². The molecule has 3 aromatic rings. The third-order valence-electron chi connectivity index (χ3n) is 3.09. The molecule has 1 aromatic carbocycles. The second-order valence-electron chi connectivity index (χ2n) is 4.64. The zero-order chi connectivity index (χ0) is 14.1. The molecule has 0 radical (unpaired) electrons. The molecular formula is C15H14N4O. The van der Waals surface area contributed by atoms with Crippen molar-refractivity contribution in [2.24, 2.45) is 0 Å². The lowest BCUT2D eigenvalue weighted by Gasteiger charge is -2.07. The fraction of sp³-hybridized carbons (Fsp3) is 0.133. The molecule has 0 bridgehead atoms. The first-order valence-corrected chi connectivity index (χ1v) is 6.27. The maximum atomic E-state index is 5.69. The van der Waals surface area contributed by atoms with Gasteiger partial charge < -0.3 is 10.3 Å². The number of pyridine rings is 1. The molecule has 5 heteroatoms. The quantitative estimate of drug-likeness (QED) is 0.771. The molecule has 0 unspecified atom stereocenters. The van der Waals surface area contributed by atoms with Crippen molar-refractivity contribution >= 4 is 5.82 Å². The highest BCUT2D eigenvalue weighted by atomic mass is 16.5. The number of benzene rings is 1. The van der Waals surface area contributed by atoms with Gasteiger partial charge in [0.2, 0.25) is 11.7 Å². The van der Waals surface area contributed by atoms with Crippen LogP contribution < -0.4 is 5.73 Å². The summed E-state index contributed by atoms with van der Waals surface area (Å²) in [6.45, 7) is 3.78. The molecule has 0 saturated heterocycles.